The minimum absolute atomic E-state index is 0.135. The van der Waals surface area contributed by atoms with Crippen molar-refractivity contribution in [3.63, 3.8) is 0 Å². The Morgan fingerprint density at radius 2 is 2.11 bits per heavy atom. The van der Waals surface area contributed by atoms with E-state index in [4.69, 9.17) is 0 Å². The van der Waals surface area contributed by atoms with E-state index in [-0.39, 0.29) is 22.7 Å². The van der Waals surface area contributed by atoms with Gasteiger partial charge in [-0.25, -0.2) is 5.10 Å². The lowest BCUT2D eigenvalue weighted by Crippen LogP contribution is -2.37. The average molecular weight is 261 g/mol. The summed E-state index contributed by atoms with van der Waals surface area (Å²) in [6.45, 7) is 0.779. The van der Waals surface area contributed by atoms with Gasteiger partial charge < -0.3 is 10.00 Å². The number of nitrogens with zero attached hydrogens (tertiary/aromatic N) is 2. The van der Waals surface area contributed by atoms with E-state index in [1.807, 2.05) is 0 Å². The highest BCUT2D eigenvalue weighted by molar-refractivity contribution is 5.92. The molecule has 0 bridgehead atoms. The third kappa shape index (κ3) is 1.96. The molecule has 0 radical (unpaired) electrons. The Labute approximate surface area is 106 Å². The van der Waals surface area contributed by atoms with Crippen molar-refractivity contribution in [1.29, 1.82) is 0 Å². The fraction of sp³-hybridized carbons (Fsp3) is 0.273. The first-order valence-electron chi connectivity index (χ1n) is 5.78. The van der Waals surface area contributed by atoms with Crippen LogP contribution < -0.4 is 11.1 Å². The molecular weight excluding hydrogens is 250 g/mol. The topological polar surface area (TPSA) is 115 Å². The highest BCUT2D eigenvalue weighted by atomic mass is 16.2. The highest BCUT2D eigenvalue weighted by Gasteiger charge is 2.25. The second-order valence-electron chi connectivity index (χ2n) is 4.32. The number of amides is 1. The molecule has 0 unspecified atom stereocenters. The van der Waals surface area contributed by atoms with E-state index in [0.29, 0.717) is 30.8 Å². The van der Waals surface area contributed by atoms with Crippen LogP contribution in [0.25, 0.3) is 0 Å². The highest BCUT2D eigenvalue weighted by Crippen LogP contribution is 2.14. The Morgan fingerprint density at radius 1 is 1.26 bits per heavy atom. The summed E-state index contributed by atoms with van der Waals surface area (Å²) in [5.74, 6) is -0.274. The summed E-state index contributed by atoms with van der Waals surface area (Å²) in [6, 6.07) is 2.64. The molecule has 0 fully saturated rings. The molecule has 1 amide bonds. The van der Waals surface area contributed by atoms with Gasteiger partial charge in [0.15, 0.2) is 0 Å². The van der Waals surface area contributed by atoms with Crippen LogP contribution >= 0.6 is 0 Å². The second-order valence-corrected chi connectivity index (χ2v) is 4.32. The van der Waals surface area contributed by atoms with Crippen LogP contribution in [-0.4, -0.2) is 37.7 Å². The van der Waals surface area contributed by atoms with Crippen LogP contribution in [0.3, 0.4) is 0 Å². The summed E-state index contributed by atoms with van der Waals surface area (Å²) in [4.78, 5) is 36.0. The van der Waals surface area contributed by atoms with E-state index in [0.717, 1.165) is 0 Å². The minimum Gasteiger partial charge on any atom is -0.331 e. The molecule has 19 heavy (non-hydrogen) atoms. The lowest BCUT2D eigenvalue weighted by molar-refractivity contribution is 0.0725. The molecule has 98 valence electrons. The monoisotopic (exact) mass is 261 g/mol. The van der Waals surface area contributed by atoms with Crippen molar-refractivity contribution < 1.29 is 4.79 Å². The zero-order valence-corrected chi connectivity index (χ0v) is 9.90. The minimum atomic E-state index is -0.354. The molecule has 3 heterocycles. The number of aromatic nitrogens is 4. The summed E-state index contributed by atoms with van der Waals surface area (Å²) in [7, 11) is 0. The fourth-order valence-electron chi connectivity index (χ4n) is 2.14. The number of hydrogen-bond acceptors (Lipinski definition) is 4. The van der Waals surface area contributed by atoms with Gasteiger partial charge in [0.1, 0.15) is 5.69 Å². The van der Waals surface area contributed by atoms with Crippen LogP contribution in [0, 0.1) is 0 Å². The van der Waals surface area contributed by atoms with Crippen LogP contribution in [0.4, 0.5) is 0 Å². The second kappa shape index (κ2) is 4.23. The van der Waals surface area contributed by atoms with Crippen molar-refractivity contribution >= 4 is 5.91 Å². The fourth-order valence-corrected chi connectivity index (χ4v) is 2.14. The molecule has 1 aliphatic rings. The molecule has 3 N–H and O–H groups in total. The molecule has 8 heteroatoms. The van der Waals surface area contributed by atoms with Crippen molar-refractivity contribution in [3.8, 4) is 0 Å². The predicted molar refractivity (Wildman–Crippen MR) is 64.7 cm³/mol. The van der Waals surface area contributed by atoms with Gasteiger partial charge in [-0.2, -0.15) is 5.10 Å². The van der Waals surface area contributed by atoms with Gasteiger partial charge in [-0.15, -0.1) is 0 Å². The number of hydrogen-bond donors (Lipinski definition) is 3. The van der Waals surface area contributed by atoms with E-state index < -0.39 is 0 Å². The van der Waals surface area contributed by atoms with Crippen molar-refractivity contribution in [2.24, 2.45) is 0 Å². The SMILES string of the molecule is O=C(c1ccc(=O)[nH]n1)N1CCc2c([nH][nH]c2=O)C1. The molecule has 3 rings (SSSR count). The van der Waals surface area contributed by atoms with Gasteiger partial charge in [0, 0.05) is 18.2 Å². The third-order valence-corrected chi connectivity index (χ3v) is 3.13. The molecule has 8 nitrogen and oxygen atoms in total. The summed E-state index contributed by atoms with van der Waals surface area (Å²) < 4.78 is 0. The smallest absolute Gasteiger partial charge is 0.274 e. The number of fused-ring (bicyclic) bond motifs is 1. The van der Waals surface area contributed by atoms with Gasteiger partial charge in [0.25, 0.3) is 17.0 Å². The van der Waals surface area contributed by atoms with E-state index in [1.165, 1.54) is 12.1 Å². The molecular formula is C11H11N5O3. The molecule has 2 aromatic rings. The Balaban J connectivity index is 1.85. The summed E-state index contributed by atoms with van der Waals surface area (Å²) in [6.07, 6.45) is 0.503. The van der Waals surface area contributed by atoms with Gasteiger partial charge in [-0.3, -0.25) is 19.5 Å². The first kappa shape index (κ1) is 11.5. The van der Waals surface area contributed by atoms with Gasteiger partial charge in [0.05, 0.1) is 12.2 Å². The predicted octanol–water partition coefficient (Wildman–Crippen LogP) is -1.02. The van der Waals surface area contributed by atoms with Crippen LogP contribution in [0.15, 0.2) is 21.7 Å². The van der Waals surface area contributed by atoms with Crippen molar-refractivity contribution in [1.82, 2.24) is 25.3 Å². The van der Waals surface area contributed by atoms with Crippen molar-refractivity contribution in [2.45, 2.75) is 13.0 Å². The number of aromatic amines is 3. The largest absolute Gasteiger partial charge is 0.331 e. The van der Waals surface area contributed by atoms with Gasteiger partial charge in [-0.1, -0.05) is 0 Å². The standard InChI is InChI=1S/C11H11N5O3/c17-9-2-1-7(12-14-9)11(19)16-4-3-6-8(5-16)13-15-10(6)18/h1-2H,3-5H2,(H,14,17)(H2,13,15,18). The first-order chi connectivity index (χ1) is 9.15. The quantitative estimate of drug-likeness (QED) is 0.609. The maximum Gasteiger partial charge on any atom is 0.274 e. The molecule has 0 spiro atoms. The number of carbonyl (C=O) groups excluding carboxylic acids is 1. The Hall–Kier alpha value is -2.64. The number of nitrogens with one attached hydrogen (secondary N) is 3. The van der Waals surface area contributed by atoms with E-state index in [2.05, 4.69) is 20.4 Å². The van der Waals surface area contributed by atoms with Crippen LogP contribution in [0.1, 0.15) is 21.7 Å². The lowest BCUT2D eigenvalue weighted by atomic mass is 10.1. The Kier molecular flexibility index (Phi) is 2.55. The summed E-state index contributed by atoms with van der Waals surface area (Å²) >= 11 is 0. The molecule has 1 aliphatic heterocycles. The summed E-state index contributed by atoms with van der Waals surface area (Å²) in [5.41, 5.74) is 1.10. The average Bonchev–Trinajstić information content (AvgIpc) is 2.80. The maximum absolute atomic E-state index is 12.2. The van der Waals surface area contributed by atoms with Gasteiger partial charge >= 0.3 is 0 Å². The first-order valence-corrected chi connectivity index (χ1v) is 5.78. The van der Waals surface area contributed by atoms with E-state index >= 15 is 0 Å². The zero-order valence-electron chi connectivity index (χ0n) is 9.90. The van der Waals surface area contributed by atoms with Crippen molar-refractivity contribution in [3.05, 3.63) is 49.8 Å². The number of carbonyl (C=O) groups is 1. The Bertz CT molecular complexity index is 721. The van der Waals surface area contributed by atoms with Crippen LogP contribution in [-0.2, 0) is 13.0 Å². The van der Waals surface area contributed by atoms with Gasteiger partial charge in [-0.05, 0) is 12.5 Å². The molecule has 0 saturated carbocycles. The third-order valence-electron chi connectivity index (χ3n) is 3.13. The molecule has 0 saturated heterocycles. The number of rotatable bonds is 1. The zero-order chi connectivity index (χ0) is 13.4. The van der Waals surface area contributed by atoms with Crippen LogP contribution in [0.5, 0.6) is 0 Å². The molecule has 2 aromatic heterocycles. The Morgan fingerprint density at radius 3 is 2.84 bits per heavy atom. The summed E-state index contributed by atoms with van der Waals surface area (Å²) in [5, 5.41) is 11.2. The maximum atomic E-state index is 12.2. The molecule has 0 atom stereocenters. The van der Waals surface area contributed by atoms with Gasteiger partial charge in [0.2, 0.25) is 0 Å². The van der Waals surface area contributed by atoms with E-state index in [1.54, 1.807) is 4.90 Å². The normalized spacial score (nSPS) is 14.2. The molecule has 0 aliphatic carbocycles. The lowest BCUT2D eigenvalue weighted by Gasteiger charge is -2.25. The van der Waals surface area contributed by atoms with Crippen molar-refractivity contribution in [2.75, 3.05) is 6.54 Å². The number of H-pyrrole nitrogens is 3. The van der Waals surface area contributed by atoms with E-state index in [9.17, 15) is 14.4 Å². The van der Waals surface area contributed by atoms with Crippen LogP contribution in [0.2, 0.25) is 0 Å². The molecule has 0 aromatic carbocycles.